The Morgan fingerprint density at radius 1 is 1.15 bits per heavy atom. The van der Waals surface area contributed by atoms with E-state index in [4.69, 9.17) is 4.74 Å². The highest BCUT2D eigenvalue weighted by molar-refractivity contribution is 5.44. The zero-order valence-corrected chi connectivity index (χ0v) is 18.6. The monoisotopic (exact) mass is 444 g/mol. The number of likely N-dealkylation sites (N-methyl/N-ethyl adjacent to an activating group) is 1. The number of nitrogens with one attached hydrogen (secondary N) is 3. The topological polar surface area (TPSA) is 99.3 Å². The summed E-state index contributed by atoms with van der Waals surface area (Å²) in [6.45, 7) is 2.47. The maximum absolute atomic E-state index is 11.6. The molecule has 7 nitrogen and oxygen atoms in total. The van der Waals surface area contributed by atoms with E-state index in [0.717, 1.165) is 42.9 Å². The van der Waals surface area contributed by atoms with Crippen LogP contribution in [0.25, 0.3) is 0 Å². The number of nitrogens with zero attached hydrogens (tertiary/aromatic N) is 1. The van der Waals surface area contributed by atoms with Gasteiger partial charge in [0.15, 0.2) is 0 Å². The molecule has 1 fully saturated rings. The van der Waals surface area contributed by atoms with E-state index in [1.807, 2.05) is 43.4 Å². The minimum atomic E-state index is -0.534. The molecule has 2 unspecified atom stereocenters. The molecule has 33 heavy (non-hydrogen) atoms. The third kappa shape index (κ3) is 6.08. The number of hydrogen-bond acceptors (Lipinski definition) is 6. The molecule has 0 saturated carbocycles. The second-order valence-corrected chi connectivity index (χ2v) is 8.08. The summed E-state index contributed by atoms with van der Waals surface area (Å²) in [5, 5.41) is 16.7. The van der Waals surface area contributed by atoms with Crippen LogP contribution in [-0.4, -0.2) is 41.4 Å². The van der Waals surface area contributed by atoms with Gasteiger partial charge in [-0.3, -0.25) is 4.79 Å². The first-order valence-electron chi connectivity index (χ1n) is 11.1. The van der Waals surface area contributed by atoms with Gasteiger partial charge in [-0.15, -0.1) is 0 Å². The van der Waals surface area contributed by atoms with E-state index in [-0.39, 0.29) is 11.8 Å². The Morgan fingerprint density at radius 2 is 1.85 bits per heavy atom. The lowest BCUT2D eigenvalue weighted by Gasteiger charge is -2.16. The summed E-state index contributed by atoms with van der Waals surface area (Å²) in [5.74, 6) is 6.08. The van der Waals surface area contributed by atoms with E-state index in [2.05, 4.69) is 44.6 Å². The van der Waals surface area contributed by atoms with Crippen LogP contribution in [0.5, 0.6) is 5.75 Å². The summed E-state index contributed by atoms with van der Waals surface area (Å²) < 4.78 is 5.39. The fourth-order valence-electron chi connectivity index (χ4n) is 3.77. The summed E-state index contributed by atoms with van der Waals surface area (Å²) in [6, 6.07) is 16.6. The number of H-pyrrole nitrogens is 1. The smallest absolute Gasteiger partial charge is 0.293 e. The van der Waals surface area contributed by atoms with Crippen molar-refractivity contribution in [3.8, 4) is 17.6 Å². The summed E-state index contributed by atoms with van der Waals surface area (Å²) in [5.41, 5.74) is 3.96. The van der Waals surface area contributed by atoms with Crippen LogP contribution in [0.4, 0.5) is 0 Å². The normalized spacial score (nSPS) is 16.2. The van der Waals surface area contributed by atoms with Crippen LogP contribution in [0.3, 0.4) is 0 Å². The summed E-state index contributed by atoms with van der Waals surface area (Å²) in [4.78, 5) is 18.1. The second kappa shape index (κ2) is 10.9. The molecular weight excluding hydrogens is 416 g/mol. The van der Waals surface area contributed by atoms with Gasteiger partial charge in [-0.05, 0) is 48.9 Å². The molecule has 1 aliphatic heterocycles. The van der Waals surface area contributed by atoms with Crippen molar-refractivity contribution in [3.63, 3.8) is 0 Å². The molecule has 7 heteroatoms. The molecule has 0 amide bonds. The highest BCUT2D eigenvalue weighted by Crippen LogP contribution is 2.20. The van der Waals surface area contributed by atoms with Crippen molar-refractivity contribution >= 4 is 0 Å². The van der Waals surface area contributed by atoms with Gasteiger partial charge >= 0.3 is 0 Å². The van der Waals surface area contributed by atoms with Gasteiger partial charge < -0.3 is 25.5 Å². The first-order chi connectivity index (χ1) is 16.1. The lowest BCUT2D eigenvalue weighted by molar-refractivity contribution is 0.190. The average Bonchev–Trinajstić information content (AvgIpc) is 3.37. The van der Waals surface area contributed by atoms with Gasteiger partial charge in [-0.2, -0.15) is 0 Å². The molecule has 2 heterocycles. The van der Waals surface area contributed by atoms with Crippen LogP contribution >= 0.6 is 0 Å². The van der Waals surface area contributed by atoms with Gasteiger partial charge in [0.1, 0.15) is 0 Å². The molecular formula is C26H28N4O3. The minimum absolute atomic E-state index is 0.0934. The Labute approximate surface area is 193 Å². The Balaban J connectivity index is 1.37. The highest BCUT2D eigenvalue weighted by atomic mass is 16.5. The maximum atomic E-state index is 11.6. The highest BCUT2D eigenvalue weighted by Gasteiger charge is 2.16. The molecule has 0 bridgehead atoms. The Bertz CT molecular complexity index is 1170. The maximum Gasteiger partial charge on any atom is 0.293 e. The van der Waals surface area contributed by atoms with Crippen LogP contribution in [0.15, 0.2) is 59.7 Å². The van der Waals surface area contributed by atoms with Crippen molar-refractivity contribution in [1.29, 1.82) is 0 Å². The number of aromatic amines is 1. The molecule has 4 rings (SSSR count). The lowest BCUT2D eigenvalue weighted by Crippen LogP contribution is -2.28. The van der Waals surface area contributed by atoms with E-state index in [1.54, 1.807) is 0 Å². The van der Waals surface area contributed by atoms with Crippen molar-refractivity contribution in [2.24, 2.45) is 0 Å². The Hall–Kier alpha value is -3.44. The molecule has 0 spiro atoms. The number of benzene rings is 2. The van der Waals surface area contributed by atoms with Crippen LogP contribution in [-0.2, 0) is 17.7 Å². The van der Waals surface area contributed by atoms with Gasteiger partial charge in [-0.25, -0.2) is 4.98 Å². The Morgan fingerprint density at radius 3 is 2.48 bits per heavy atom. The quantitative estimate of drug-likeness (QED) is 0.417. The first-order valence-corrected chi connectivity index (χ1v) is 11.1. The van der Waals surface area contributed by atoms with Gasteiger partial charge in [0, 0.05) is 42.8 Å². The van der Waals surface area contributed by atoms with Crippen molar-refractivity contribution in [2.45, 2.75) is 31.5 Å². The predicted octanol–water partition coefficient (Wildman–Crippen LogP) is 2.26. The summed E-state index contributed by atoms with van der Waals surface area (Å²) >= 11 is 0. The average molecular weight is 445 g/mol. The number of rotatable bonds is 7. The summed E-state index contributed by atoms with van der Waals surface area (Å²) in [7, 11) is 1.84. The third-order valence-electron chi connectivity index (χ3n) is 5.79. The van der Waals surface area contributed by atoms with Crippen molar-refractivity contribution in [3.05, 3.63) is 93.2 Å². The largest absolute Gasteiger partial charge is 0.502 e. The standard InChI is InChI=1S/C26H28N4O3/c1-27-23(14-24-25(31)26(32)30-17-29-24)21-10-8-19(9-11-21)3-2-18-4-6-20(7-5-18)15-28-22-12-13-33-16-22/h4-11,17,22-23,27-28,31H,12-16H2,1H3,(H,29,30,32). The van der Waals surface area contributed by atoms with Crippen LogP contribution in [0.1, 0.15) is 40.4 Å². The molecule has 170 valence electrons. The van der Waals surface area contributed by atoms with E-state index < -0.39 is 5.56 Å². The second-order valence-electron chi connectivity index (χ2n) is 8.08. The number of aromatic nitrogens is 2. The zero-order valence-electron chi connectivity index (χ0n) is 18.6. The van der Waals surface area contributed by atoms with E-state index >= 15 is 0 Å². The molecule has 2 atom stereocenters. The van der Waals surface area contributed by atoms with Crippen molar-refractivity contribution < 1.29 is 9.84 Å². The number of ether oxygens (including phenoxy) is 1. The van der Waals surface area contributed by atoms with Gasteiger partial charge in [-0.1, -0.05) is 36.1 Å². The van der Waals surface area contributed by atoms with E-state index in [0.29, 0.717) is 18.2 Å². The van der Waals surface area contributed by atoms with E-state index in [9.17, 15) is 9.90 Å². The predicted molar refractivity (Wildman–Crippen MR) is 127 cm³/mol. The molecule has 1 aromatic heterocycles. The number of hydrogen-bond donors (Lipinski definition) is 4. The van der Waals surface area contributed by atoms with Crippen molar-refractivity contribution in [1.82, 2.24) is 20.6 Å². The van der Waals surface area contributed by atoms with Crippen LogP contribution in [0.2, 0.25) is 0 Å². The lowest BCUT2D eigenvalue weighted by atomic mass is 10.00. The van der Waals surface area contributed by atoms with E-state index in [1.165, 1.54) is 11.9 Å². The van der Waals surface area contributed by atoms with Crippen molar-refractivity contribution in [2.75, 3.05) is 20.3 Å². The van der Waals surface area contributed by atoms with Gasteiger partial charge in [0.2, 0.25) is 5.75 Å². The van der Waals surface area contributed by atoms with Crippen LogP contribution < -0.4 is 16.2 Å². The molecule has 0 aliphatic carbocycles. The van der Waals surface area contributed by atoms with Gasteiger partial charge in [0.05, 0.1) is 18.6 Å². The molecule has 1 saturated heterocycles. The van der Waals surface area contributed by atoms with Crippen LogP contribution in [0, 0.1) is 11.8 Å². The summed E-state index contributed by atoms with van der Waals surface area (Å²) in [6.07, 6.45) is 2.77. The fourth-order valence-corrected chi connectivity index (χ4v) is 3.77. The molecule has 4 N–H and O–H groups in total. The zero-order chi connectivity index (χ0) is 23.0. The first kappa shape index (κ1) is 22.7. The fraction of sp³-hybridized carbons (Fsp3) is 0.308. The Kier molecular flexibility index (Phi) is 7.53. The molecule has 3 aromatic rings. The van der Waals surface area contributed by atoms with Gasteiger partial charge in [0.25, 0.3) is 5.56 Å². The third-order valence-corrected chi connectivity index (χ3v) is 5.79. The molecule has 2 aromatic carbocycles. The number of aromatic hydroxyl groups is 1. The molecule has 0 radical (unpaired) electrons. The molecule has 1 aliphatic rings. The minimum Gasteiger partial charge on any atom is -0.502 e. The SMILES string of the molecule is CNC(Cc1nc[nH]c(=O)c1O)c1ccc(C#Cc2ccc(CNC3CCOC3)cc2)cc1.